The Bertz CT molecular complexity index is 460. The summed E-state index contributed by atoms with van der Waals surface area (Å²) in [5.74, 6) is -0.212. The summed E-state index contributed by atoms with van der Waals surface area (Å²) in [4.78, 5) is 0. The Balaban J connectivity index is 2.60. The summed E-state index contributed by atoms with van der Waals surface area (Å²) < 4.78 is 15.1. The second kappa shape index (κ2) is 3.25. The first-order chi connectivity index (χ1) is 6.68. The van der Waals surface area contributed by atoms with Crippen molar-refractivity contribution in [3.8, 4) is 11.3 Å². The van der Waals surface area contributed by atoms with E-state index in [1.165, 1.54) is 6.07 Å². The minimum atomic E-state index is -0.212. The smallest absolute Gasteiger partial charge is 0.132 e. The van der Waals surface area contributed by atoms with E-state index < -0.39 is 0 Å². The van der Waals surface area contributed by atoms with E-state index in [4.69, 9.17) is 0 Å². The lowest BCUT2D eigenvalue weighted by atomic mass is 10.1. The van der Waals surface area contributed by atoms with Crippen LogP contribution in [0.4, 0.5) is 4.39 Å². The van der Waals surface area contributed by atoms with Crippen molar-refractivity contribution in [3.05, 3.63) is 41.8 Å². The van der Waals surface area contributed by atoms with Gasteiger partial charge in [0, 0.05) is 12.6 Å². The highest BCUT2D eigenvalue weighted by Crippen LogP contribution is 2.22. The Labute approximate surface area is 82.0 Å². The average molecular weight is 190 g/mol. The van der Waals surface area contributed by atoms with Crippen LogP contribution < -0.4 is 0 Å². The maximum atomic E-state index is 13.4. The Kier molecular flexibility index (Phi) is 2.08. The molecule has 2 nitrogen and oxygen atoms in total. The largest absolute Gasteiger partial charge is 0.268 e. The van der Waals surface area contributed by atoms with E-state index in [1.807, 2.05) is 26.1 Å². The Morgan fingerprint density at radius 1 is 1.29 bits per heavy atom. The molecule has 0 aliphatic carbocycles. The summed E-state index contributed by atoms with van der Waals surface area (Å²) in [5, 5.41) is 4.18. The van der Waals surface area contributed by atoms with Crippen LogP contribution in [0.25, 0.3) is 11.3 Å². The maximum absolute atomic E-state index is 13.4. The van der Waals surface area contributed by atoms with Crippen LogP contribution in [0.1, 0.15) is 5.69 Å². The molecular weight excluding hydrogens is 179 g/mol. The lowest BCUT2D eigenvalue weighted by molar-refractivity contribution is 0.628. The van der Waals surface area contributed by atoms with Crippen molar-refractivity contribution < 1.29 is 4.39 Å². The highest BCUT2D eigenvalue weighted by atomic mass is 19.1. The van der Waals surface area contributed by atoms with Gasteiger partial charge in [0.1, 0.15) is 5.82 Å². The Morgan fingerprint density at radius 3 is 2.57 bits per heavy atom. The van der Waals surface area contributed by atoms with Gasteiger partial charge in [-0.25, -0.2) is 4.39 Å². The van der Waals surface area contributed by atoms with Crippen molar-refractivity contribution in [2.45, 2.75) is 6.92 Å². The quantitative estimate of drug-likeness (QED) is 0.675. The number of nitrogens with zero attached hydrogens (tertiary/aromatic N) is 2. The number of halogens is 1. The number of benzene rings is 1. The average Bonchev–Trinajstić information content (AvgIpc) is 2.46. The molecule has 0 amide bonds. The van der Waals surface area contributed by atoms with Gasteiger partial charge in [-0.15, -0.1) is 0 Å². The van der Waals surface area contributed by atoms with Gasteiger partial charge in [0.2, 0.25) is 0 Å². The van der Waals surface area contributed by atoms with Crippen LogP contribution in [0.5, 0.6) is 0 Å². The number of aryl methyl sites for hydroxylation is 2. The van der Waals surface area contributed by atoms with Crippen LogP contribution >= 0.6 is 0 Å². The van der Waals surface area contributed by atoms with E-state index in [0.717, 1.165) is 11.4 Å². The van der Waals surface area contributed by atoms with E-state index in [0.29, 0.717) is 5.56 Å². The summed E-state index contributed by atoms with van der Waals surface area (Å²) in [5.41, 5.74) is 2.29. The van der Waals surface area contributed by atoms with Crippen LogP contribution in [0.15, 0.2) is 30.3 Å². The van der Waals surface area contributed by atoms with Gasteiger partial charge < -0.3 is 0 Å². The van der Waals surface area contributed by atoms with Crippen molar-refractivity contribution in [1.29, 1.82) is 0 Å². The molecule has 0 atom stereocenters. The Hall–Kier alpha value is -1.64. The molecule has 2 rings (SSSR count). The third-order valence-electron chi connectivity index (χ3n) is 2.15. The molecule has 1 aromatic carbocycles. The fraction of sp³-hybridized carbons (Fsp3) is 0.182. The number of hydrogen-bond acceptors (Lipinski definition) is 1. The monoisotopic (exact) mass is 190 g/mol. The van der Waals surface area contributed by atoms with Gasteiger partial charge in [-0.3, -0.25) is 4.68 Å². The van der Waals surface area contributed by atoms with Crippen molar-refractivity contribution in [2.75, 3.05) is 0 Å². The molecule has 0 bridgehead atoms. The zero-order chi connectivity index (χ0) is 10.1. The van der Waals surface area contributed by atoms with Gasteiger partial charge in [0.25, 0.3) is 0 Å². The molecule has 1 heterocycles. The summed E-state index contributed by atoms with van der Waals surface area (Å²) in [6, 6.07) is 8.59. The van der Waals surface area contributed by atoms with Crippen molar-refractivity contribution in [3.63, 3.8) is 0 Å². The number of rotatable bonds is 1. The van der Waals surface area contributed by atoms with Crippen molar-refractivity contribution in [1.82, 2.24) is 9.78 Å². The predicted molar refractivity (Wildman–Crippen MR) is 53.3 cm³/mol. The van der Waals surface area contributed by atoms with E-state index in [1.54, 1.807) is 16.8 Å². The molecule has 0 spiro atoms. The van der Waals surface area contributed by atoms with E-state index in [-0.39, 0.29) is 5.82 Å². The number of aromatic nitrogens is 2. The second-order valence-electron chi connectivity index (χ2n) is 3.27. The topological polar surface area (TPSA) is 17.8 Å². The van der Waals surface area contributed by atoms with Gasteiger partial charge >= 0.3 is 0 Å². The molecular formula is C11H11FN2. The van der Waals surface area contributed by atoms with E-state index >= 15 is 0 Å². The van der Waals surface area contributed by atoms with Crippen molar-refractivity contribution in [2.24, 2.45) is 7.05 Å². The molecule has 0 fully saturated rings. The van der Waals surface area contributed by atoms with Crippen LogP contribution in [0.3, 0.4) is 0 Å². The molecule has 14 heavy (non-hydrogen) atoms. The SMILES string of the molecule is Cc1cc(-c2ccccc2F)n(C)n1. The minimum Gasteiger partial charge on any atom is -0.268 e. The van der Waals surface area contributed by atoms with E-state index in [2.05, 4.69) is 5.10 Å². The lowest BCUT2D eigenvalue weighted by Gasteiger charge is -2.02. The van der Waals surface area contributed by atoms with Gasteiger partial charge in [0.05, 0.1) is 11.4 Å². The summed E-state index contributed by atoms with van der Waals surface area (Å²) >= 11 is 0. The molecule has 0 N–H and O–H groups in total. The molecule has 0 saturated heterocycles. The molecule has 1 aromatic heterocycles. The highest BCUT2D eigenvalue weighted by molar-refractivity contribution is 5.60. The first-order valence-corrected chi connectivity index (χ1v) is 4.44. The molecule has 0 unspecified atom stereocenters. The van der Waals surface area contributed by atoms with Gasteiger partial charge in [-0.2, -0.15) is 5.10 Å². The van der Waals surface area contributed by atoms with E-state index in [9.17, 15) is 4.39 Å². The van der Waals surface area contributed by atoms with Crippen LogP contribution in [0, 0.1) is 12.7 Å². The molecule has 0 radical (unpaired) electrons. The van der Waals surface area contributed by atoms with Crippen LogP contribution in [0.2, 0.25) is 0 Å². The first-order valence-electron chi connectivity index (χ1n) is 4.44. The fourth-order valence-corrected chi connectivity index (χ4v) is 1.53. The van der Waals surface area contributed by atoms with Gasteiger partial charge in [0.15, 0.2) is 0 Å². The Morgan fingerprint density at radius 2 is 2.00 bits per heavy atom. The van der Waals surface area contributed by atoms with Crippen LogP contribution in [-0.2, 0) is 7.05 Å². The summed E-state index contributed by atoms with van der Waals surface area (Å²) in [6.45, 7) is 1.89. The lowest BCUT2D eigenvalue weighted by Crippen LogP contribution is -1.95. The normalized spacial score (nSPS) is 10.5. The minimum absolute atomic E-state index is 0.212. The third-order valence-corrected chi connectivity index (χ3v) is 2.15. The van der Waals surface area contributed by atoms with Gasteiger partial charge in [-0.05, 0) is 25.1 Å². The standard InChI is InChI=1S/C11H11FN2/c1-8-7-11(14(2)13-8)9-5-3-4-6-10(9)12/h3-7H,1-2H3. The highest BCUT2D eigenvalue weighted by Gasteiger charge is 2.08. The molecule has 0 aliphatic heterocycles. The number of hydrogen-bond donors (Lipinski definition) is 0. The zero-order valence-electron chi connectivity index (χ0n) is 8.16. The first kappa shape index (κ1) is 8.94. The maximum Gasteiger partial charge on any atom is 0.132 e. The summed E-state index contributed by atoms with van der Waals surface area (Å²) in [7, 11) is 1.81. The second-order valence-corrected chi connectivity index (χ2v) is 3.27. The van der Waals surface area contributed by atoms with Gasteiger partial charge in [-0.1, -0.05) is 12.1 Å². The molecule has 0 aliphatic rings. The molecule has 72 valence electrons. The zero-order valence-corrected chi connectivity index (χ0v) is 8.16. The molecule has 2 aromatic rings. The fourth-order valence-electron chi connectivity index (χ4n) is 1.53. The van der Waals surface area contributed by atoms with Crippen LogP contribution in [-0.4, -0.2) is 9.78 Å². The molecule has 0 saturated carbocycles. The predicted octanol–water partition coefficient (Wildman–Crippen LogP) is 2.53. The third kappa shape index (κ3) is 1.41. The summed E-state index contributed by atoms with van der Waals surface area (Å²) in [6.07, 6.45) is 0. The van der Waals surface area contributed by atoms with Crippen molar-refractivity contribution >= 4 is 0 Å². The molecule has 3 heteroatoms.